The molecule has 0 spiro atoms. The Hall–Kier alpha value is -2.49. The second-order valence-electron chi connectivity index (χ2n) is 4.47. The summed E-state index contributed by atoms with van der Waals surface area (Å²) in [6, 6.07) is 12.2. The molecule has 0 heterocycles. The number of hydrogen-bond donors (Lipinski definition) is 3. The van der Waals surface area contributed by atoms with E-state index in [0.717, 1.165) is 11.1 Å². The van der Waals surface area contributed by atoms with Crippen molar-refractivity contribution in [3.05, 3.63) is 53.6 Å². The number of nitrogens with one attached hydrogen (secondary N) is 2. The Kier molecular flexibility index (Phi) is 3.71. The average Bonchev–Trinajstić information content (AvgIpc) is 2.33. The predicted molar refractivity (Wildman–Crippen MR) is 76.7 cm³/mol. The molecule has 0 aliphatic carbocycles. The summed E-state index contributed by atoms with van der Waals surface area (Å²) in [6.45, 7) is 3.82. The molecule has 0 aliphatic heterocycles. The van der Waals surface area contributed by atoms with Gasteiger partial charge in [0.15, 0.2) is 0 Å². The Labute approximate surface area is 112 Å². The number of phenols is 1. The number of carbonyl (C=O) groups excluding carboxylic acids is 1. The van der Waals surface area contributed by atoms with E-state index in [1.54, 1.807) is 12.1 Å². The third-order valence-corrected chi connectivity index (χ3v) is 2.68. The van der Waals surface area contributed by atoms with E-state index in [1.165, 1.54) is 0 Å². The van der Waals surface area contributed by atoms with Crippen LogP contribution in [0.2, 0.25) is 0 Å². The molecule has 0 radical (unpaired) electrons. The summed E-state index contributed by atoms with van der Waals surface area (Å²) in [6.07, 6.45) is 0. The molecule has 4 nitrogen and oxygen atoms in total. The molecule has 2 amide bonds. The molecule has 0 bridgehead atoms. The smallest absolute Gasteiger partial charge is 0.323 e. The number of hydrogen-bond acceptors (Lipinski definition) is 2. The number of anilines is 2. The highest BCUT2D eigenvalue weighted by Crippen LogP contribution is 2.24. The van der Waals surface area contributed by atoms with E-state index in [1.807, 2.05) is 44.2 Å². The van der Waals surface area contributed by atoms with Crippen LogP contribution in [0.4, 0.5) is 16.2 Å². The fraction of sp³-hybridized carbons (Fsp3) is 0.133. The summed E-state index contributed by atoms with van der Waals surface area (Å²) in [4.78, 5) is 11.8. The van der Waals surface area contributed by atoms with E-state index in [4.69, 9.17) is 0 Å². The van der Waals surface area contributed by atoms with Crippen LogP contribution in [0.1, 0.15) is 11.1 Å². The molecular weight excluding hydrogens is 240 g/mol. The van der Waals surface area contributed by atoms with Gasteiger partial charge in [0.25, 0.3) is 0 Å². The van der Waals surface area contributed by atoms with Crippen LogP contribution in [0, 0.1) is 13.8 Å². The Balaban J connectivity index is 2.05. The average molecular weight is 256 g/mol. The largest absolute Gasteiger partial charge is 0.506 e. The first kappa shape index (κ1) is 13.0. The SMILES string of the molecule is Cc1cccc(NC(=O)Nc2ccc(C)cc2O)c1. The van der Waals surface area contributed by atoms with Gasteiger partial charge in [-0.15, -0.1) is 0 Å². The quantitative estimate of drug-likeness (QED) is 0.718. The molecule has 2 aromatic carbocycles. The van der Waals surface area contributed by atoms with E-state index in [2.05, 4.69) is 10.6 Å². The third kappa shape index (κ3) is 3.48. The lowest BCUT2D eigenvalue weighted by Crippen LogP contribution is -2.19. The van der Waals surface area contributed by atoms with Crippen molar-refractivity contribution in [2.45, 2.75) is 13.8 Å². The van der Waals surface area contributed by atoms with Gasteiger partial charge in [-0.3, -0.25) is 0 Å². The Morgan fingerprint density at radius 1 is 1.00 bits per heavy atom. The van der Waals surface area contributed by atoms with Crippen molar-refractivity contribution in [3.63, 3.8) is 0 Å². The molecule has 98 valence electrons. The molecule has 0 saturated carbocycles. The molecule has 3 N–H and O–H groups in total. The molecular formula is C15H16N2O2. The number of carbonyl (C=O) groups is 1. The summed E-state index contributed by atoms with van der Waals surface area (Å²) in [5.41, 5.74) is 3.10. The van der Waals surface area contributed by atoms with E-state index < -0.39 is 0 Å². The standard InChI is InChI=1S/C15H16N2O2/c1-10-4-3-5-12(8-10)16-15(19)17-13-7-6-11(2)9-14(13)18/h3-9,18H,1-2H3,(H2,16,17,19). The summed E-state index contributed by atoms with van der Waals surface area (Å²) >= 11 is 0. The zero-order valence-corrected chi connectivity index (χ0v) is 10.9. The lowest BCUT2D eigenvalue weighted by Gasteiger charge is -2.09. The van der Waals surface area contributed by atoms with Crippen LogP contribution in [0.15, 0.2) is 42.5 Å². The number of aromatic hydroxyl groups is 1. The minimum Gasteiger partial charge on any atom is -0.506 e. The fourth-order valence-corrected chi connectivity index (χ4v) is 1.75. The normalized spacial score (nSPS) is 10.0. The van der Waals surface area contributed by atoms with Gasteiger partial charge >= 0.3 is 6.03 Å². The number of aryl methyl sites for hydroxylation is 2. The van der Waals surface area contributed by atoms with E-state index in [-0.39, 0.29) is 11.8 Å². The highest BCUT2D eigenvalue weighted by Gasteiger charge is 2.06. The van der Waals surface area contributed by atoms with Crippen molar-refractivity contribution >= 4 is 17.4 Å². The van der Waals surface area contributed by atoms with Gasteiger partial charge in [0.1, 0.15) is 5.75 Å². The maximum atomic E-state index is 11.8. The Morgan fingerprint density at radius 3 is 2.42 bits per heavy atom. The van der Waals surface area contributed by atoms with Crippen molar-refractivity contribution in [2.24, 2.45) is 0 Å². The molecule has 0 aromatic heterocycles. The number of phenolic OH excluding ortho intramolecular Hbond substituents is 1. The first-order valence-corrected chi connectivity index (χ1v) is 5.99. The van der Waals surface area contributed by atoms with Crippen LogP contribution < -0.4 is 10.6 Å². The first-order chi connectivity index (χ1) is 9.04. The highest BCUT2D eigenvalue weighted by molar-refractivity contribution is 6.00. The van der Waals surface area contributed by atoms with Crippen molar-refractivity contribution in [1.29, 1.82) is 0 Å². The molecule has 2 aromatic rings. The zero-order chi connectivity index (χ0) is 13.8. The summed E-state index contributed by atoms with van der Waals surface area (Å²) < 4.78 is 0. The van der Waals surface area contributed by atoms with Gasteiger partial charge in [-0.05, 0) is 49.2 Å². The van der Waals surface area contributed by atoms with Gasteiger partial charge < -0.3 is 15.7 Å². The molecule has 0 aliphatic rings. The highest BCUT2D eigenvalue weighted by atomic mass is 16.3. The van der Waals surface area contributed by atoms with Crippen LogP contribution >= 0.6 is 0 Å². The maximum Gasteiger partial charge on any atom is 0.323 e. The van der Waals surface area contributed by atoms with Crippen molar-refractivity contribution in [2.75, 3.05) is 10.6 Å². The second kappa shape index (κ2) is 5.44. The van der Waals surface area contributed by atoms with Crippen molar-refractivity contribution in [3.8, 4) is 5.75 Å². The zero-order valence-electron chi connectivity index (χ0n) is 10.9. The molecule has 4 heteroatoms. The number of rotatable bonds is 2. The predicted octanol–water partition coefficient (Wildman–Crippen LogP) is 3.65. The van der Waals surface area contributed by atoms with Gasteiger partial charge in [-0.2, -0.15) is 0 Å². The maximum absolute atomic E-state index is 11.8. The topological polar surface area (TPSA) is 61.4 Å². The van der Waals surface area contributed by atoms with Gasteiger partial charge in [-0.1, -0.05) is 18.2 Å². The molecule has 0 fully saturated rings. The van der Waals surface area contributed by atoms with Gasteiger partial charge in [0.2, 0.25) is 0 Å². The lowest BCUT2D eigenvalue weighted by molar-refractivity contribution is 0.262. The molecule has 2 rings (SSSR count). The number of benzene rings is 2. The van der Waals surface area contributed by atoms with E-state index in [9.17, 15) is 9.90 Å². The molecule has 0 atom stereocenters. The molecule has 19 heavy (non-hydrogen) atoms. The van der Waals surface area contributed by atoms with E-state index >= 15 is 0 Å². The van der Waals surface area contributed by atoms with Crippen molar-refractivity contribution in [1.82, 2.24) is 0 Å². The van der Waals surface area contributed by atoms with Gasteiger partial charge in [-0.25, -0.2) is 4.79 Å². The third-order valence-electron chi connectivity index (χ3n) is 2.68. The second-order valence-corrected chi connectivity index (χ2v) is 4.47. The lowest BCUT2D eigenvalue weighted by atomic mass is 10.2. The monoisotopic (exact) mass is 256 g/mol. The molecule has 0 saturated heterocycles. The molecule has 0 unspecified atom stereocenters. The van der Waals surface area contributed by atoms with Gasteiger partial charge in [0.05, 0.1) is 5.69 Å². The first-order valence-electron chi connectivity index (χ1n) is 5.99. The van der Waals surface area contributed by atoms with Crippen LogP contribution in [-0.2, 0) is 0 Å². The Bertz CT molecular complexity index is 609. The minimum absolute atomic E-state index is 0.0550. The van der Waals surface area contributed by atoms with Crippen LogP contribution in [-0.4, -0.2) is 11.1 Å². The van der Waals surface area contributed by atoms with Crippen LogP contribution in [0.3, 0.4) is 0 Å². The minimum atomic E-state index is -0.384. The summed E-state index contributed by atoms with van der Waals surface area (Å²) in [7, 11) is 0. The summed E-state index contributed by atoms with van der Waals surface area (Å²) in [5.74, 6) is 0.0550. The van der Waals surface area contributed by atoms with Crippen LogP contribution in [0.25, 0.3) is 0 Å². The summed E-state index contributed by atoms with van der Waals surface area (Å²) in [5, 5.41) is 15.0. The number of urea groups is 1. The number of amides is 2. The van der Waals surface area contributed by atoms with Crippen molar-refractivity contribution < 1.29 is 9.90 Å². The Morgan fingerprint density at radius 2 is 1.74 bits per heavy atom. The van der Waals surface area contributed by atoms with Gasteiger partial charge in [0, 0.05) is 5.69 Å². The van der Waals surface area contributed by atoms with E-state index in [0.29, 0.717) is 11.4 Å². The fourth-order valence-electron chi connectivity index (χ4n) is 1.75. The van der Waals surface area contributed by atoms with Crippen LogP contribution in [0.5, 0.6) is 5.75 Å².